The monoisotopic (exact) mass is 391 g/mol. The molecular formula is C19H29N5O4. The van der Waals surface area contributed by atoms with E-state index in [4.69, 9.17) is 4.74 Å². The first-order valence-corrected chi connectivity index (χ1v) is 9.84. The van der Waals surface area contributed by atoms with Crippen LogP contribution in [0.15, 0.2) is 0 Å². The first-order chi connectivity index (χ1) is 13.2. The van der Waals surface area contributed by atoms with Gasteiger partial charge in [-0.2, -0.15) is 5.10 Å². The average Bonchev–Trinajstić information content (AvgIpc) is 3.22. The van der Waals surface area contributed by atoms with E-state index in [-0.39, 0.29) is 17.9 Å². The number of carbonyl (C=O) groups excluding carboxylic acids is 3. The van der Waals surface area contributed by atoms with E-state index in [1.165, 1.54) is 0 Å². The second kappa shape index (κ2) is 8.20. The number of aromatic nitrogens is 2. The smallest absolute Gasteiger partial charge is 0.410 e. The Kier molecular flexibility index (Phi) is 5.90. The summed E-state index contributed by atoms with van der Waals surface area (Å²) in [7, 11) is 0. The topological polar surface area (TPSA) is 108 Å². The number of amides is 3. The molecule has 28 heavy (non-hydrogen) atoms. The lowest BCUT2D eigenvalue weighted by atomic mass is 10.1. The minimum absolute atomic E-state index is 0.190. The maximum atomic E-state index is 12.5. The van der Waals surface area contributed by atoms with E-state index in [2.05, 4.69) is 15.5 Å². The van der Waals surface area contributed by atoms with Gasteiger partial charge in [0.05, 0.1) is 6.54 Å². The molecule has 0 saturated carbocycles. The SMILES string of the molecule is CC(C)(C)OC(=O)N1CCc2[nH]nc(C(=O)NCCCN3CCCC3=O)c2C1. The maximum Gasteiger partial charge on any atom is 0.410 e. The molecule has 2 aliphatic heterocycles. The molecule has 154 valence electrons. The highest BCUT2D eigenvalue weighted by molar-refractivity contribution is 5.94. The number of H-pyrrole nitrogens is 1. The zero-order valence-corrected chi connectivity index (χ0v) is 16.8. The number of nitrogens with zero attached hydrogens (tertiary/aromatic N) is 3. The van der Waals surface area contributed by atoms with Gasteiger partial charge in [-0.3, -0.25) is 14.7 Å². The van der Waals surface area contributed by atoms with Crippen LogP contribution < -0.4 is 5.32 Å². The molecule has 0 unspecified atom stereocenters. The molecule has 1 aromatic rings. The summed E-state index contributed by atoms with van der Waals surface area (Å²) < 4.78 is 5.43. The van der Waals surface area contributed by atoms with Crippen LogP contribution in [0.3, 0.4) is 0 Å². The van der Waals surface area contributed by atoms with Gasteiger partial charge in [0.1, 0.15) is 5.60 Å². The van der Waals surface area contributed by atoms with Gasteiger partial charge >= 0.3 is 6.09 Å². The third-order valence-corrected chi connectivity index (χ3v) is 4.86. The summed E-state index contributed by atoms with van der Waals surface area (Å²) in [5.74, 6) is -0.0776. The Morgan fingerprint density at radius 2 is 2.04 bits per heavy atom. The van der Waals surface area contributed by atoms with Gasteiger partial charge in [0, 0.05) is 50.3 Å². The number of aromatic amines is 1. The van der Waals surface area contributed by atoms with Gasteiger partial charge in [0.2, 0.25) is 5.91 Å². The lowest BCUT2D eigenvalue weighted by Gasteiger charge is -2.30. The van der Waals surface area contributed by atoms with Crippen molar-refractivity contribution in [2.45, 2.75) is 58.6 Å². The van der Waals surface area contributed by atoms with Gasteiger partial charge in [0.15, 0.2) is 5.69 Å². The number of fused-ring (bicyclic) bond motifs is 1. The van der Waals surface area contributed by atoms with Gasteiger partial charge in [-0.05, 0) is 33.6 Å². The number of hydrogen-bond acceptors (Lipinski definition) is 5. The van der Waals surface area contributed by atoms with Crippen molar-refractivity contribution in [3.63, 3.8) is 0 Å². The molecule has 0 bridgehead atoms. The van der Waals surface area contributed by atoms with Gasteiger partial charge in [0.25, 0.3) is 5.91 Å². The van der Waals surface area contributed by atoms with Crippen molar-refractivity contribution in [2.24, 2.45) is 0 Å². The molecular weight excluding hydrogens is 362 g/mol. The predicted octanol–water partition coefficient (Wildman–Crippen LogP) is 1.45. The molecule has 3 amide bonds. The fraction of sp³-hybridized carbons (Fsp3) is 0.684. The quantitative estimate of drug-likeness (QED) is 0.739. The van der Waals surface area contributed by atoms with E-state index in [1.807, 2.05) is 25.7 Å². The molecule has 0 radical (unpaired) electrons. The number of rotatable bonds is 5. The summed E-state index contributed by atoms with van der Waals surface area (Å²) in [4.78, 5) is 39.9. The lowest BCUT2D eigenvalue weighted by Crippen LogP contribution is -2.40. The van der Waals surface area contributed by atoms with E-state index in [9.17, 15) is 14.4 Å². The van der Waals surface area contributed by atoms with Gasteiger partial charge < -0.3 is 19.9 Å². The Balaban J connectivity index is 1.53. The van der Waals surface area contributed by atoms with Crippen LogP contribution in [0.4, 0.5) is 4.79 Å². The molecule has 3 rings (SSSR count). The number of likely N-dealkylation sites (tertiary alicyclic amines) is 1. The van der Waals surface area contributed by atoms with Crippen LogP contribution >= 0.6 is 0 Å². The van der Waals surface area contributed by atoms with Crippen molar-refractivity contribution in [1.29, 1.82) is 0 Å². The molecule has 9 nitrogen and oxygen atoms in total. The summed E-state index contributed by atoms with van der Waals surface area (Å²) in [6, 6.07) is 0. The van der Waals surface area contributed by atoms with E-state index >= 15 is 0 Å². The molecule has 9 heteroatoms. The Hall–Kier alpha value is -2.58. The van der Waals surface area contributed by atoms with Crippen LogP contribution in [0.5, 0.6) is 0 Å². The Morgan fingerprint density at radius 3 is 2.71 bits per heavy atom. The summed E-state index contributed by atoms with van der Waals surface area (Å²) >= 11 is 0. The van der Waals surface area contributed by atoms with Gasteiger partial charge in [-0.15, -0.1) is 0 Å². The molecule has 0 aromatic carbocycles. The molecule has 1 aromatic heterocycles. The number of nitrogens with one attached hydrogen (secondary N) is 2. The Bertz CT molecular complexity index is 752. The highest BCUT2D eigenvalue weighted by Crippen LogP contribution is 2.22. The van der Waals surface area contributed by atoms with Crippen LogP contribution in [0.25, 0.3) is 0 Å². The standard InChI is InChI=1S/C19H29N5O4/c1-19(2,3)28-18(27)24-11-7-14-13(12-24)16(22-21-14)17(26)20-8-5-10-23-9-4-6-15(23)25/h4-12H2,1-3H3,(H,20,26)(H,21,22). The Labute approximate surface area is 164 Å². The van der Waals surface area contributed by atoms with E-state index < -0.39 is 5.60 Å². The van der Waals surface area contributed by atoms with Crippen LogP contribution in [0.2, 0.25) is 0 Å². The average molecular weight is 391 g/mol. The van der Waals surface area contributed by atoms with Crippen molar-refractivity contribution < 1.29 is 19.1 Å². The highest BCUT2D eigenvalue weighted by atomic mass is 16.6. The zero-order chi connectivity index (χ0) is 20.3. The predicted molar refractivity (Wildman–Crippen MR) is 102 cm³/mol. The fourth-order valence-electron chi connectivity index (χ4n) is 3.46. The van der Waals surface area contributed by atoms with Crippen LogP contribution in [0.1, 0.15) is 61.8 Å². The zero-order valence-electron chi connectivity index (χ0n) is 16.8. The summed E-state index contributed by atoms with van der Waals surface area (Å²) in [6.07, 6.45) is 2.46. The second-order valence-corrected chi connectivity index (χ2v) is 8.28. The fourth-order valence-corrected chi connectivity index (χ4v) is 3.46. The van der Waals surface area contributed by atoms with Crippen molar-refractivity contribution in [3.05, 3.63) is 17.0 Å². The van der Waals surface area contributed by atoms with E-state index in [0.29, 0.717) is 51.1 Å². The Morgan fingerprint density at radius 1 is 1.25 bits per heavy atom. The summed E-state index contributed by atoms with van der Waals surface area (Å²) in [5, 5.41) is 9.93. The molecule has 3 heterocycles. The van der Waals surface area contributed by atoms with Crippen molar-refractivity contribution in [2.75, 3.05) is 26.2 Å². The maximum absolute atomic E-state index is 12.5. The first-order valence-electron chi connectivity index (χ1n) is 9.84. The molecule has 1 saturated heterocycles. The van der Waals surface area contributed by atoms with Gasteiger partial charge in [-0.1, -0.05) is 0 Å². The minimum atomic E-state index is -0.565. The van der Waals surface area contributed by atoms with Crippen LogP contribution in [0, 0.1) is 0 Å². The minimum Gasteiger partial charge on any atom is -0.444 e. The van der Waals surface area contributed by atoms with Crippen LogP contribution in [-0.2, 0) is 22.5 Å². The normalized spacial score (nSPS) is 16.9. The molecule has 0 aliphatic carbocycles. The number of carbonyl (C=O) groups is 3. The van der Waals surface area contributed by atoms with E-state index in [0.717, 1.165) is 24.2 Å². The number of hydrogen-bond donors (Lipinski definition) is 2. The highest BCUT2D eigenvalue weighted by Gasteiger charge is 2.30. The van der Waals surface area contributed by atoms with Crippen molar-refractivity contribution in [3.8, 4) is 0 Å². The first kappa shape index (κ1) is 20.2. The molecule has 2 aliphatic rings. The molecule has 2 N–H and O–H groups in total. The summed E-state index contributed by atoms with van der Waals surface area (Å²) in [6.45, 7) is 8.23. The van der Waals surface area contributed by atoms with Crippen molar-refractivity contribution in [1.82, 2.24) is 25.3 Å². The number of ether oxygens (including phenoxy) is 1. The van der Waals surface area contributed by atoms with E-state index in [1.54, 1.807) is 4.90 Å². The largest absolute Gasteiger partial charge is 0.444 e. The molecule has 0 atom stereocenters. The summed E-state index contributed by atoms with van der Waals surface area (Å²) in [5.41, 5.74) is 1.38. The van der Waals surface area contributed by atoms with Crippen LogP contribution in [-0.4, -0.2) is 69.7 Å². The van der Waals surface area contributed by atoms with Gasteiger partial charge in [-0.25, -0.2) is 4.79 Å². The molecule has 1 fully saturated rings. The second-order valence-electron chi connectivity index (χ2n) is 8.28. The third kappa shape index (κ3) is 4.82. The molecule has 0 spiro atoms. The third-order valence-electron chi connectivity index (χ3n) is 4.86. The lowest BCUT2D eigenvalue weighted by molar-refractivity contribution is -0.127. The van der Waals surface area contributed by atoms with Crippen molar-refractivity contribution >= 4 is 17.9 Å².